The maximum atomic E-state index is 6.89. The molecule has 0 saturated carbocycles. The van der Waals surface area contributed by atoms with Crippen LogP contribution in [0.2, 0.25) is 0 Å². The summed E-state index contributed by atoms with van der Waals surface area (Å²) < 4.78 is 13.8. The van der Waals surface area contributed by atoms with E-state index in [0.29, 0.717) is 0 Å². The molecule has 4 heteroatoms. The molecular formula is C41H36O2P2. The van der Waals surface area contributed by atoms with Gasteiger partial charge < -0.3 is 9.47 Å². The molecule has 45 heavy (non-hydrogen) atoms. The average Bonchev–Trinajstić information content (AvgIpc) is 3.13. The van der Waals surface area contributed by atoms with Crippen molar-refractivity contribution in [2.24, 2.45) is 0 Å². The van der Waals surface area contributed by atoms with E-state index in [1.165, 1.54) is 31.8 Å². The third-order valence-corrected chi connectivity index (χ3v) is 13.1. The van der Waals surface area contributed by atoms with Crippen LogP contribution < -0.4 is 41.3 Å². The van der Waals surface area contributed by atoms with E-state index in [0.717, 1.165) is 29.0 Å². The molecule has 6 aromatic rings. The molecule has 0 amide bonds. The van der Waals surface area contributed by atoms with Crippen molar-refractivity contribution in [3.8, 4) is 22.6 Å². The Labute approximate surface area is 269 Å². The van der Waals surface area contributed by atoms with Crippen LogP contribution >= 0.6 is 15.8 Å². The van der Waals surface area contributed by atoms with E-state index in [1.54, 1.807) is 0 Å². The molecule has 2 unspecified atom stereocenters. The molecule has 0 radical (unpaired) electrons. The van der Waals surface area contributed by atoms with Gasteiger partial charge in [-0.05, 0) is 73.7 Å². The zero-order chi connectivity index (χ0) is 30.6. The van der Waals surface area contributed by atoms with Gasteiger partial charge in [0, 0.05) is 17.5 Å². The van der Waals surface area contributed by atoms with E-state index in [4.69, 9.17) is 9.47 Å². The molecule has 0 aromatic heterocycles. The number of rotatable bonds is 6. The van der Waals surface area contributed by atoms with Crippen molar-refractivity contribution in [2.45, 2.75) is 32.5 Å². The summed E-state index contributed by atoms with van der Waals surface area (Å²) in [6, 6.07) is 57.0. The Morgan fingerprint density at radius 1 is 0.400 bits per heavy atom. The third-order valence-electron chi connectivity index (χ3n) is 8.12. The highest BCUT2D eigenvalue weighted by molar-refractivity contribution is 7.80. The molecule has 0 aliphatic carbocycles. The second-order valence-corrected chi connectivity index (χ2v) is 15.8. The Hall–Kier alpha value is -4.22. The lowest BCUT2D eigenvalue weighted by atomic mass is 10.0. The van der Waals surface area contributed by atoms with Gasteiger partial charge >= 0.3 is 0 Å². The van der Waals surface area contributed by atoms with Crippen LogP contribution in [0.5, 0.6) is 11.5 Å². The zero-order valence-electron chi connectivity index (χ0n) is 25.6. The highest BCUT2D eigenvalue weighted by atomic mass is 31.1. The highest BCUT2D eigenvalue weighted by Gasteiger charge is 2.31. The fourth-order valence-corrected chi connectivity index (χ4v) is 11.2. The monoisotopic (exact) mass is 622 g/mol. The van der Waals surface area contributed by atoms with E-state index < -0.39 is 15.8 Å². The first-order chi connectivity index (χ1) is 22.2. The van der Waals surface area contributed by atoms with Crippen LogP contribution in [0.15, 0.2) is 158 Å². The number of ether oxygens (including phenoxy) is 2. The molecule has 7 rings (SSSR count). The van der Waals surface area contributed by atoms with Gasteiger partial charge in [0.05, 0.1) is 12.2 Å². The van der Waals surface area contributed by atoms with Gasteiger partial charge in [-0.1, -0.05) is 146 Å². The van der Waals surface area contributed by atoms with Crippen LogP contribution in [0.25, 0.3) is 11.1 Å². The lowest BCUT2D eigenvalue weighted by Crippen LogP contribution is -2.26. The predicted octanol–water partition coefficient (Wildman–Crippen LogP) is 7.81. The molecular weight excluding hydrogens is 586 g/mol. The maximum Gasteiger partial charge on any atom is 0.128 e. The van der Waals surface area contributed by atoms with E-state index >= 15 is 0 Å². The van der Waals surface area contributed by atoms with Crippen molar-refractivity contribution < 1.29 is 9.47 Å². The van der Waals surface area contributed by atoms with Gasteiger partial charge in [-0.3, -0.25) is 0 Å². The van der Waals surface area contributed by atoms with Gasteiger partial charge in [0.25, 0.3) is 0 Å². The average molecular weight is 623 g/mol. The van der Waals surface area contributed by atoms with Crippen LogP contribution in [0.4, 0.5) is 0 Å². The summed E-state index contributed by atoms with van der Waals surface area (Å²) in [5.41, 5.74) is 2.28. The Morgan fingerprint density at radius 3 is 1.02 bits per heavy atom. The van der Waals surface area contributed by atoms with Gasteiger partial charge in [-0.25, -0.2) is 0 Å². The summed E-state index contributed by atoms with van der Waals surface area (Å²) in [6.07, 6.45) is 0.790. The summed E-state index contributed by atoms with van der Waals surface area (Å²) in [5, 5.41) is 7.77. The van der Waals surface area contributed by atoms with E-state index in [2.05, 4.69) is 172 Å². The molecule has 0 fully saturated rings. The lowest BCUT2D eigenvalue weighted by Gasteiger charge is -2.28. The molecule has 0 bridgehead atoms. The van der Waals surface area contributed by atoms with Gasteiger partial charge in [0.1, 0.15) is 11.5 Å². The van der Waals surface area contributed by atoms with Crippen molar-refractivity contribution in [2.75, 3.05) is 0 Å². The first kappa shape index (κ1) is 29.5. The Morgan fingerprint density at radius 2 is 0.711 bits per heavy atom. The van der Waals surface area contributed by atoms with Crippen molar-refractivity contribution in [1.29, 1.82) is 0 Å². The van der Waals surface area contributed by atoms with Gasteiger partial charge in [-0.2, -0.15) is 0 Å². The zero-order valence-corrected chi connectivity index (χ0v) is 27.4. The number of hydrogen-bond donors (Lipinski definition) is 0. The van der Waals surface area contributed by atoms with E-state index in [9.17, 15) is 0 Å². The van der Waals surface area contributed by atoms with Gasteiger partial charge in [-0.15, -0.1) is 0 Å². The molecule has 0 spiro atoms. The van der Waals surface area contributed by atoms with Crippen LogP contribution in [0, 0.1) is 0 Å². The van der Waals surface area contributed by atoms with Crippen molar-refractivity contribution in [3.05, 3.63) is 158 Å². The fourth-order valence-electron chi connectivity index (χ4n) is 6.27. The van der Waals surface area contributed by atoms with E-state index in [-0.39, 0.29) is 12.2 Å². The third kappa shape index (κ3) is 6.19. The SMILES string of the molecule is CC1CC(C)Oc2cccc(P(c3ccccc3)c3ccccc3)c2-c2c(cccc2P(c2ccccc2)c2ccccc2)O1. The normalized spacial score (nSPS) is 16.0. The minimum absolute atomic E-state index is 0.00352. The minimum atomic E-state index is -0.908. The number of hydrogen-bond acceptors (Lipinski definition) is 2. The molecule has 0 N–H and O–H groups in total. The Bertz CT molecular complexity index is 1640. The van der Waals surface area contributed by atoms with Crippen LogP contribution in [-0.2, 0) is 0 Å². The predicted molar refractivity (Wildman–Crippen MR) is 194 cm³/mol. The molecule has 222 valence electrons. The molecule has 0 saturated heterocycles. The summed E-state index contributed by atoms with van der Waals surface area (Å²) >= 11 is 0. The van der Waals surface area contributed by atoms with Crippen molar-refractivity contribution in [1.82, 2.24) is 0 Å². The van der Waals surface area contributed by atoms with Crippen LogP contribution in [0.1, 0.15) is 20.3 Å². The topological polar surface area (TPSA) is 18.5 Å². The summed E-state index contributed by atoms with van der Waals surface area (Å²) in [4.78, 5) is 0. The molecule has 6 aromatic carbocycles. The molecule has 1 aliphatic rings. The number of fused-ring (bicyclic) bond motifs is 3. The van der Waals surface area contributed by atoms with Crippen LogP contribution in [0.3, 0.4) is 0 Å². The lowest BCUT2D eigenvalue weighted by molar-refractivity contribution is 0.134. The summed E-state index contributed by atoms with van der Waals surface area (Å²) in [7, 11) is -1.82. The standard InChI is InChI=1S/C41H36O2P2/c1-30-29-31(2)43-37-26-16-28-39(45(34-21-11-5-12-22-34)35-23-13-6-14-24-35)41(37)40-36(42-30)25-15-27-38(40)44(32-17-7-3-8-18-32)33-19-9-4-10-20-33/h3-28,30-31H,29H2,1-2H3. The first-order valence-corrected chi connectivity index (χ1v) is 18.3. The van der Waals surface area contributed by atoms with Crippen molar-refractivity contribution in [3.63, 3.8) is 0 Å². The second-order valence-electron chi connectivity index (χ2n) is 11.4. The summed E-state index contributed by atoms with van der Waals surface area (Å²) in [5.74, 6) is 1.84. The Kier molecular flexibility index (Phi) is 8.79. The largest absolute Gasteiger partial charge is 0.490 e. The van der Waals surface area contributed by atoms with E-state index in [1.807, 2.05) is 0 Å². The van der Waals surface area contributed by atoms with Gasteiger partial charge in [0.2, 0.25) is 0 Å². The molecule has 2 nitrogen and oxygen atoms in total. The fraction of sp³-hybridized carbons (Fsp3) is 0.122. The summed E-state index contributed by atoms with van der Waals surface area (Å²) in [6.45, 7) is 4.32. The number of benzene rings is 6. The van der Waals surface area contributed by atoms with Gasteiger partial charge in [0.15, 0.2) is 0 Å². The molecule has 1 aliphatic heterocycles. The maximum absolute atomic E-state index is 6.89. The second kappa shape index (κ2) is 13.4. The minimum Gasteiger partial charge on any atom is -0.490 e. The Balaban J connectivity index is 1.57. The smallest absolute Gasteiger partial charge is 0.128 e. The van der Waals surface area contributed by atoms with Crippen LogP contribution in [-0.4, -0.2) is 12.2 Å². The quantitative estimate of drug-likeness (QED) is 0.177. The molecule has 2 atom stereocenters. The molecule has 1 heterocycles. The highest BCUT2D eigenvalue weighted by Crippen LogP contribution is 2.48. The first-order valence-electron chi connectivity index (χ1n) is 15.6. The van der Waals surface area contributed by atoms with Crippen molar-refractivity contribution >= 4 is 47.7 Å².